The molecular formula is C21H27FN4O4S. The molecule has 1 saturated heterocycles. The zero-order valence-corrected chi connectivity index (χ0v) is 18.6. The summed E-state index contributed by atoms with van der Waals surface area (Å²) in [4.78, 5) is 26.0. The van der Waals surface area contributed by atoms with Gasteiger partial charge in [-0.2, -0.15) is 4.31 Å². The Morgan fingerprint density at radius 2 is 1.77 bits per heavy atom. The fraction of sp³-hybridized carbons (Fsp3) is 0.429. The number of primary amides is 1. The number of nitrogens with zero attached hydrogens (tertiary/aromatic N) is 3. The van der Waals surface area contributed by atoms with Crippen LogP contribution in [0.15, 0.2) is 41.4 Å². The van der Waals surface area contributed by atoms with Crippen molar-refractivity contribution in [2.24, 2.45) is 18.7 Å². The lowest BCUT2D eigenvalue weighted by atomic mass is 9.95. The third-order valence-corrected chi connectivity index (χ3v) is 7.82. The smallest absolute Gasteiger partial charge is 0.265 e. The molecule has 10 heteroatoms. The number of halogens is 1. The van der Waals surface area contributed by atoms with E-state index in [9.17, 15) is 22.4 Å². The van der Waals surface area contributed by atoms with E-state index in [1.54, 1.807) is 31.1 Å². The van der Waals surface area contributed by atoms with Crippen molar-refractivity contribution in [2.45, 2.75) is 30.7 Å². The number of hydrogen-bond acceptors (Lipinski definition) is 4. The van der Waals surface area contributed by atoms with Crippen molar-refractivity contribution in [3.63, 3.8) is 0 Å². The van der Waals surface area contributed by atoms with Gasteiger partial charge in [0.05, 0.1) is 6.04 Å². The van der Waals surface area contributed by atoms with Gasteiger partial charge in [-0.3, -0.25) is 9.59 Å². The predicted molar refractivity (Wildman–Crippen MR) is 113 cm³/mol. The van der Waals surface area contributed by atoms with Crippen LogP contribution in [0.2, 0.25) is 0 Å². The Hall–Kier alpha value is -2.72. The third-order valence-electron chi connectivity index (χ3n) is 5.95. The second-order valence-corrected chi connectivity index (χ2v) is 9.83. The first kappa shape index (κ1) is 23.0. The van der Waals surface area contributed by atoms with Gasteiger partial charge >= 0.3 is 0 Å². The molecule has 2 heterocycles. The lowest BCUT2D eigenvalue weighted by Crippen LogP contribution is -2.43. The van der Waals surface area contributed by atoms with Crippen molar-refractivity contribution in [1.82, 2.24) is 13.8 Å². The third kappa shape index (κ3) is 4.64. The van der Waals surface area contributed by atoms with Gasteiger partial charge in [-0.25, -0.2) is 12.8 Å². The van der Waals surface area contributed by atoms with E-state index in [-0.39, 0.29) is 47.4 Å². The molecule has 0 bridgehead atoms. The van der Waals surface area contributed by atoms with Gasteiger partial charge in [0.1, 0.15) is 16.4 Å². The van der Waals surface area contributed by atoms with Crippen LogP contribution in [0.5, 0.6) is 0 Å². The van der Waals surface area contributed by atoms with E-state index >= 15 is 0 Å². The summed E-state index contributed by atoms with van der Waals surface area (Å²) in [6, 6.07) is 7.07. The number of amides is 2. The molecule has 2 amide bonds. The minimum absolute atomic E-state index is 0.00984. The summed E-state index contributed by atoms with van der Waals surface area (Å²) in [5, 5.41) is 0. The fourth-order valence-electron chi connectivity index (χ4n) is 3.86. The quantitative estimate of drug-likeness (QED) is 0.725. The Bertz CT molecular complexity index is 1070. The Morgan fingerprint density at radius 1 is 1.19 bits per heavy atom. The van der Waals surface area contributed by atoms with Crippen molar-refractivity contribution in [2.75, 3.05) is 20.1 Å². The fourth-order valence-corrected chi connectivity index (χ4v) is 5.40. The first-order chi connectivity index (χ1) is 14.5. The number of aryl methyl sites for hydroxylation is 1. The van der Waals surface area contributed by atoms with E-state index < -0.39 is 15.9 Å². The number of nitrogens with two attached hydrogens (primary N) is 1. The first-order valence-corrected chi connectivity index (χ1v) is 11.4. The second-order valence-electron chi connectivity index (χ2n) is 7.89. The van der Waals surface area contributed by atoms with Crippen LogP contribution in [0.4, 0.5) is 4.39 Å². The monoisotopic (exact) mass is 450 g/mol. The van der Waals surface area contributed by atoms with Crippen LogP contribution >= 0.6 is 0 Å². The molecule has 0 radical (unpaired) electrons. The maximum atomic E-state index is 13.2. The standard InChI is InChI=1S/C21H27FN4O4S/c1-14(15-4-6-17(22)7-5-15)25(3)21(28)16-8-10-26(11-9-16)31(29,30)18-12-19(20(23)27)24(2)13-18/h4-7,12-14,16H,8-11H2,1-3H3,(H2,23,27)/t14-/m0/s1. The van der Waals surface area contributed by atoms with Gasteiger partial charge in [-0.05, 0) is 43.5 Å². The summed E-state index contributed by atoms with van der Waals surface area (Å²) < 4.78 is 41.8. The molecule has 1 aliphatic heterocycles. The highest BCUT2D eigenvalue weighted by Gasteiger charge is 2.35. The Kier molecular flexibility index (Phi) is 6.51. The first-order valence-electron chi connectivity index (χ1n) is 10.0. The van der Waals surface area contributed by atoms with Gasteiger partial charge in [-0.1, -0.05) is 12.1 Å². The summed E-state index contributed by atoms with van der Waals surface area (Å²) in [6.07, 6.45) is 2.16. The van der Waals surface area contributed by atoms with Crippen molar-refractivity contribution in [3.05, 3.63) is 53.6 Å². The van der Waals surface area contributed by atoms with Gasteiger partial charge in [0.2, 0.25) is 15.9 Å². The van der Waals surface area contributed by atoms with Crippen molar-refractivity contribution < 1.29 is 22.4 Å². The highest BCUT2D eigenvalue weighted by molar-refractivity contribution is 7.89. The van der Waals surface area contributed by atoms with E-state index in [4.69, 9.17) is 5.73 Å². The zero-order valence-electron chi connectivity index (χ0n) is 17.8. The summed E-state index contributed by atoms with van der Waals surface area (Å²) >= 11 is 0. The summed E-state index contributed by atoms with van der Waals surface area (Å²) in [6.45, 7) is 2.28. The van der Waals surface area contributed by atoms with Gasteiger partial charge in [0.25, 0.3) is 5.91 Å². The molecule has 1 aliphatic rings. The molecule has 0 saturated carbocycles. The molecule has 8 nitrogen and oxygen atoms in total. The molecule has 0 unspecified atom stereocenters. The number of benzene rings is 1. The topological polar surface area (TPSA) is 106 Å². The molecule has 2 aromatic rings. The number of hydrogen-bond donors (Lipinski definition) is 1. The summed E-state index contributed by atoms with van der Waals surface area (Å²) in [5.41, 5.74) is 6.21. The number of carbonyl (C=O) groups excluding carboxylic acids is 2. The number of sulfonamides is 1. The Labute approximate surface area is 181 Å². The van der Waals surface area contributed by atoms with Gasteiger partial charge in [0.15, 0.2) is 0 Å². The van der Waals surface area contributed by atoms with E-state index in [1.165, 1.54) is 33.3 Å². The minimum atomic E-state index is -3.79. The Balaban J connectivity index is 1.65. The lowest BCUT2D eigenvalue weighted by molar-refractivity contribution is -0.137. The molecule has 0 aliphatic carbocycles. The SMILES string of the molecule is C[C@@H](c1ccc(F)cc1)N(C)C(=O)C1CCN(S(=O)(=O)c2cc(C(N)=O)n(C)c2)CC1. The van der Waals surface area contributed by atoms with E-state index in [2.05, 4.69) is 0 Å². The molecular weight excluding hydrogens is 423 g/mol. The highest BCUT2D eigenvalue weighted by atomic mass is 32.2. The molecule has 2 N–H and O–H groups in total. The van der Waals surface area contributed by atoms with Gasteiger partial charge < -0.3 is 15.2 Å². The zero-order chi connectivity index (χ0) is 22.9. The molecule has 1 aromatic carbocycles. The average molecular weight is 451 g/mol. The van der Waals surface area contributed by atoms with Crippen LogP contribution in [0, 0.1) is 11.7 Å². The van der Waals surface area contributed by atoms with Crippen LogP contribution in [-0.2, 0) is 21.9 Å². The summed E-state index contributed by atoms with van der Waals surface area (Å²) in [7, 11) is -0.525. The van der Waals surface area contributed by atoms with Crippen LogP contribution < -0.4 is 5.73 Å². The molecule has 31 heavy (non-hydrogen) atoms. The second kappa shape index (κ2) is 8.80. The normalized spacial score (nSPS) is 16.8. The summed E-state index contributed by atoms with van der Waals surface area (Å²) in [5.74, 6) is -1.40. The van der Waals surface area contributed by atoms with Crippen molar-refractivity contribution in [1.29, 1.82) is 0 Å². The number of rotatable bonds is 6. The van der Waals surface area contributed by atoms with Crippen LogP contribution in [-0.4, -0.2) is 54.1 Å². The predicted octanol–water partition coefficient (Wildman–Crippen LogP) is 1.88. The van der Waals surface area contributed by atoms with E-state index in [0.717, 1.165) is 5.56 Å². The largest absolute Gasteiger partial charge is 0.364 e. The lowest BCUT2D eigenvalue weighted by Gasteiger charge is -2.34. The van der Waals surface area contributed by atoms with E-state index in [0.29, 0.717) is 12.8 Å². The average Bonchev–Trinajstić information content (AvgIpc) is 3.15. The number of carbonyl (C=O) groups is 2. The molecule has 1 atom stereocenters. The van der Waals surface area contributed by atoms with E-state index in [1.807, 2.05) is 6.92 Å². The molecule has 3 rings (SSSR count). The minimum Gasteiger partial charge on any atom is -0.364 e. The number of piperidine rings is 1. The highest BCUT2D eigenvalue weighted by Crippen LogP contribution is 2.28. The van der Waals surface area contributed by atoms with Crippen LogP contribution in [0.1, 0.15) is 41.9 Å². The van der Waals surface area contributed by atoms with Crippen LogP contribution in [0.3, 0.4) is 0 Å². The number of aromatic nitrogens is 1. The Morgan fingerprint density at radius 3 is 2.29 bits per heavy atom. The van der Waals surface area contributed by atoms with Crippen LogP contribution in [0.25, 0.3) is 0 Å². The molecule has 0 spiro atoms. The molecule has 1 aromatic heterocycles. The molecule has 1 fully saturated rings. The van der Waals surface area contributed by atoms with Crippen molar-refractivity contribution >= 4 is 21.8 Å². The van der Waals surface area contributed by atoms with Crippen molar-refractivity contribution in [3.8, 4) is 0 Å². The maximum absolute atomic E-state index is 13.2. The van der Waals surface area contributed by atoms with Gasteiger partial charge in [-0.15, -0.1) is 0 Å². The molecule has 168 valence electrons. The maximum Gasteiger partial charge on any atom is 0.265 e. The van der Waals surface area contributed by atoms with Gasteiger partial charge in [0, 0.05) is 39.3 Å².